The Morgan fingerprint density at radius 1 is 0.778 bits per heavy atom. The third kappa shape index (κ3) is 3.38. The molecule has 0 amide bonds. The van der Waals surface area contributed by atoms with Gasteiger partial charge >= 0.3 is 0 Å². The zero-order valence-corrected chi connectivity index (χ0v) is 16.1. The molecule has 0 saturated carbocycles. The monoisotopic (exact) mass is 354 g/mol. The first-order chi connectivity index (χ1) is 13.0. The van der Waals surface area contributed by atoms with Crippen molar-refractivity contribution in [3.8, 4) is 11.3 Å². The van der Waals surface area contributed by atoms with E-state index in [2.05, 4.69) is 74.3 Å². The van der Waals surface area contributed by atoms with Gasteiger partial charge in [0.2, 0.25) is 0 Å². The molecule has 4 aromatic rings. The van der Waals surface area contributed by atoms with Crippen LogP contribution < -0.4 is 0 Å². The van der Waals surface area contributed by atoms with E-state index >= 15 is 0 Å². The Kier molecular flexibility index (Phi) is 4.32. The van der Waals surface area contributed by atoms with E-state index in [4.69, 9.17) is 4.98 Å². The summed E-state index contributed by atoms with van der Waals surface area (Å²) in [5, 5.41) is 9.13. The van der Waals surface area contributed by atoms with Crippen LogP contribution in [0, 0.1) is 27.7 Å². The maximum atomic E-state index is 4.87. The lowest BCUT2D eigenvalue weighted by Gasteiger charge is -2.02. The first-order valence-corrected chi connectivity index (χ1v) is 9.06. The molecule has 0 unspecified atom stereocenters. The molecular weight excluding hydrogens is 332 g/mol. The number of aryl methyl sites for hydroxylation is 4. The SMILES string of the molecule is Cc1ccc(-c2nc3c(C)cccn3c2N=Nc2cc(C)cc(C)c2)cc1. The van der Waals surface area contributed by atoms with E-state index in [1.54, 1.807) is 0 Å². The van der Waals surface area contributed by atoms with Gasteiger partial charge in [0.15, 0.2) is 5.82 Å². The molecule has 0 N–H and O–H groups in total. The second-order valence-electron chi connectivity index (χ2n) is 7.08. The van der Waals surface area contributed by atoms with Gasteiger partial charge in [-0.15, -0.1) is 10.2 Å². The van der Waals surface area contributed by atoms with Crippen molar-refractivity contribution < 1.29 is 0 Å². The molecule has 4 heteroatoms. The summed E-state index contributed by atoms with van der Waals surface area (Å²) in [6.07, 6.45) is 1.99. The number of aromatic nitrogens is 2. The van der Waals surface area contributed by atoms with E-state index in [0.29, 0.717) is 0 Å². The molecule has 134 valence electrons. The molecule has 0 atom stereocenters. The summed E-state index contributed by atoms with van der Waals surface area (Å²) in [5.74, 6) is 0.747. The summed E-state index contributed by atoms with van der Waals surface area (Å²) in [4.78, 5) is 4.87. The third-order valence-electron chi connectivity index (χ3n) is 4.61. The highest BCUT2D eigenvalue weighted by molar-refractivity contribution is 5.75. The van der Waals surface area contributed by atoms with Crippen molar-refractivity contribution >= 4 is 17.2 Å². The van der Waals surface area contributed by atoms with E-state index in [0.717, 1.165) is 34.0 Å². The normalized spacial score (nSPS) is 11.6. The molecule has 2 aromatic heterocycles. The zero-order chi connectivity index (χ0) is 19.0. The van der Waals surface area contributed by atoms with Crippen molar-refractivity contribution in [1.82, 2.24) is 9.38 Å². The van der Waals surface area contributed by atoms with Gasteiger partial charge in [-0.05, 0) is 62.6 Å². The average Bonchev–Trinajstić information content (AvgIpc) is 3.00. The van der Waals surface area contributed by atoms with Crippen molar-refractivity contribution in [2.75, 3.05) is 0 Å². The Labute approximate surface area is 159 Å². The molecule has 0 aliphatic rings. The fraction of sp³-hybridized carbons (Fsp3) is 0.174. The molecule has 2 aromatic carbocycles. The number of hydrogen-bond acceptors (Lipinski definition) is 3. The van der Waals surface area contributed by atoms with Gasteiger partial charge in [-0.25, -0.2) is 4.98 Å². The number of pyridine rings is 1. The van der Waals surface area contributed by atoms with Crippen LogP contribution in [0.3, 0.4) is 0 Å². The highest BCUT2D eigenvalue weighted by Gasteiger charge is 2.15. The summed E-state index contributed by atoms with van der Waals surface area (Å²) in [7, 11) is 0. The Bertz CT molecular complexity index is 1130. The number of benzene rings is 2. The summed E-state index contributed by atoms with van der Waals surface area (Å²) < 4.78 is 2.01. The lowest BCUT2D eigenvalue weighted by molar-refractivity contribution is 1.09. The quantitative estimate of drug-likeness (QED) is 0.380. The first kappa shape index (κ1) is 17.2. The Hall–Kier alpha value is -3.27. The van der Waals surface area contributed by atoms with Gasteiger partial charge in [0.05, 0.1) is 5.69 Å². The summed E-state index contributed by atoms with van der Waals surface area (Å²) in [5.41, 5.74) is 8.33. The van der Waals surface area contributed by atoms with Crippen LogP contribution in [-0.2, 0) is 0 Å². The van der Waals surface area contributed by atoms with Gasteiger partial charge in [-0.3, -0.25) is 4.40 Å². The molecular formula is C23H22N4. The smallest absolute Gasteiger partial charge is 0.187 e. The standard InChI is InChI=1S/C23H22N4/c1-15-7-9-19(10-8-15)21-23(27-11-5-6-18(4)22(27)24-21)26-25-20-13-16(2)12-17(3)14-20/h5-14H,1-4H3. The van der Waals surface area contributed by atoms with E-state index in [-0.39, 0.29) is 0 Å². The van der Waals surface area contributed by atoms with Gasteiger partial charge in [0, 0.05) is 11.8 Å². The van der Waals surface area contributed by atoms with Crippen LogP contribution in [0.25, 0.3) is 16.9 Å². The molecule has 0 aliphatic carbocycles. The molecule has 0 radical (unpaired) electrons. The van der Waals surface area contributed by atoms with Crippen molar-refractivity contribution in [2.24, 2.45) is 10.2 Å². The molecule has 0 spiro atoms. The number of hydrogen-bond donors (Lipinski definition) is 0. The van der Waals surface area contributed by atoms with Gasteiger partial charge in [-0.2, -0.15) is 0 Å². The maximum Gasteiger partial charge on any atom is 0.187 e. The van der Waals surface area contributed by atoms with Crippen molar-refractivity contribution in [1.29, 1.82) is 0 Å². The third-order valence-corrected chi connectivity index (χ3v) is 4.61. The van der Waals surface area contributed by atoms with Crippen LogP contribution in [0.1, 0.15) is 22.3 Å². The number of nitrogens with zero attached hydrogens (tertiary/aromatic N) is 4. The van der Waals surface area contributed by atoms with Gasteiger partial charge in [0.1, 0.15) is 11.3 Å². The van der Waals surface area contributed by atoms with Crippen LogP contribution in [0.4, 0.5) is 11.5 Å². The van der Waals surface area contributed by atoms with Crippen LogP contribution in [0.15, 0.2) is 71.0 Å². The number of imidazole rings is 1. The minimum atomic E-state index is 0.747. The number of fused-ring (bicyclic) bond motifs is 1. The first-order valence-electron chi connectivity index (χ1n) is 9.06. The summed E-state index contributed by atoms with van der Waals surface area (Å²) >= 11 is 0. The summed E-state index contributed by atoms with van der Waals surface area (Å²) in [6.45, 7) is 8.28. The van der Waals surface area contributed by atoms with Gasteiger partial charge in [0.25, 0.3) is 0 Å². The predicted octanol–water partition coefficient (Wildman–Crippen LogP) is 6.65. The molecule has 0 saturated heterocycles. The van der Waals surface area contributed by atoms with Crippen LogP contribution >= 0.6 is 0 Å². The van der Waals surface area contributed by atoms with Crippen LogP contribution in [0.5, 0.6) is 0 Å². The topological polar surface area (TPSA) is 42.0 Å². The number of azo groups is 1. The molecule has 0 fully saturated rings. The molecule has 4 nitrogen and oxygen atoms in total. The maximum absolute atomic E-state index is 4.87. The zero-order valence-electron chi connectivity index (χ0n) is 16.1. The van der Waals surface area contributed by atoms with E-state index in [9.17, 15) is 0 Å². The average molecular weight is 354 g/mol. The fourth-order valence-corrected chi connectivity index (χ4v) is 3.31. The van der Waals surface area contributed by atoms with E-state index in [1.165, 1.54) is 16.7 Å². The van der Waals surface area contributed by atoms with Gasteiger partial charge < -0.3 is 0 Å². The molecule has 4 rings (SSSR count). The largest absolute Gasteiger partial charge is 0.282 e. The second-order valence-corrected chi connectivity index (χ2v) is 7.08. The van der Waals surface area contributed by atoms with Crippen LogP contribution in [-0.4, -0.2) is 9.38 Å². The number of rotatable bonds is 3. The van der Waals surface area contributed by atoms with Gasteiger partial charge in [-0.1, -0.05) is 42.0 Å². The molecule has 0 aliphatic heterocycles. The van der Waals surface area contributed by atoms with Crippen molar-refractivity contribution in [2.45, 2.75) is 27.7 Å². The lowest BCUT2D eigenvalue weighted by Crippen LogP contribution is -1.85. The lowest BCUT2D eigenvalue weighted by atomic mass is 10.1. The van der Waals surface area contributed by atoms with Crippen LogP contribution in [0.2, 0.25) is 0 Å². The van der Waals surface area contributed by atoms with Crippen molar-refractivity contribution in [3.63, 3.8) is 0 Å². The predicted molar refractivity (Wildman–Crippen MR) is 110 cm³/mol. The minimum Gasteiger partial charge on any atom is -0.282 e. The van der Waals surface area contributed by atoms with E-state index < -0.39 is 0 Å². The molecule has 2 heterocycles. The Morgan fingerprint density at radius 2 is 1.48 bits per heavy atom. The molecule has 27 heavy (non-hydrogen) atoms. The van der Waals surface area contributed by atoms with Crippen molar-refractivity contribution in [3.05, 3.63) is 83.0 Å². The summed E-state index contributed by atoms with van der Waals surface area (Å²) in [6, 6.07) is 18.6. The Balaban J connectivity index is 1.89. The Morgan fingerprint density at radius 3 is 2.19 bits per heavy atom. The molecule has 0 bridgehead atoms. The minimum absolute atomic E-state index is 0.747. The fourth-order valence-electron chi connectivity index (χ4n) is 3.31. The van der Waals surface area contributed by atoms with E-state index in [1.807, 2.05) is 28.8 Å². The highest BCUT2D eigenvalue weighted by Crippen LogP contribution is 2.33. The highest BCUT2D eigenvalue weighted by atomic mass is 15.2. The second kappa shape index (κ2) is 6.80.